The van der Waals surface area contributed by atoms with Gasteiger partial charge in [0, 0.05) is 72.2 Å². The second-order valence-electron chi connectivity index (χ2n) is 26.2. The van der Waals surface area contributed by atoms with Gasteiger partial charge in [-0.1, -0.05) is 37.6 Å². The number of hydrogen-bond acceptors (Lipinski definition) is 26. The highest BCUT2D eigenvalue weighted by molar-refractivity contribution is 6.13. The summed E-state index contributed by atoms with van der Waals surface area (Å²) < 4.78 is 70.1. The molecule has 3 aromatic heterocycles. The van der Waals surface area contributed by atoms with Crippen LogP contribution in [0.5, 0.6) is 5.75 Å². The second-order valence-corrected chi connectivity index (χ2v) is 26.2. The van der Waals surface area contributed by atoms with E-state index in [-0.39, 0.29) is 123 Å². The number of nitrogens with two attached hydrogens (primary N) is 1. The predicted molar refractivity (Wildman–Crippen MR) is 380 cm³/mol. The summed E-state index contributed by atoms with van der Waals surface area (Å²) in [5, 5.41) is 25.1. The quantitative estimate of drug-likeness (QED) is 0.0208. The number of benzene rings is 2. The number of esters is 1. The molecule has 4 amide bonds. The summed E-state index contributed by atoms with van der Waals surface area (Å²) in [5.41, 5.74) is 8.68. The molecule has 106 heavy (non-hydrogen) atoms. The number of carbonyl (C=O) groups is 8. The van der Waals surface area contributed by atoms with Gasteiger partial charge in [-0.2, -0.15) is 0 Å². The van der Waals surface area contributed by atoms with E-state index in [9.17, 15) is 48.3 Å². The minimum absolute atomic E-state index is 0.0265. The first kappa shape index (κ1) is 81.3. The maximum absolute atomic E-state index is 14.1. The van der Waals surface area contributed by atoms with Crippen molar-refractivity contribution in [3.63, 3.8) is 0 Å². The SMILES string of the molecule is CCc1c2c(nc3ccc(O)cc13)-c1cc3c(c(=O)n1C2)COC(=O)[C@@]3(CC)OC(=O)OCc1ccc(NC(=O)[C@H](CCCCN)CC(=O)COCC(=O)CCCOCCOCCOCCOCCOCCOCCOCCOCCn2cc(CNC(=O)C3CCC(CN4C(=O)C=CC4=O)CC3)nn2)cc1. The van der Waals surface area contributed by atoms with Crippen molar-refractivity contribution in [1.82, 2.24) is 34.8 Å². The molecule has 0 radical (unpaired) electrons. The first-order valence-corrected chi connectivity index (χ1v) is 36.6. The van der Waals surface area contributed by atoms with Crippen LogP contribution in [0.4, 0.5) is 10.5 Å². The summed E-state index contributed by atoms with van der Waals surface area (Å²) in [5.74, 6) is -2.83. The number of phenols is 1. The van der Waals surface area contributed by atoms with Crippen LogP contribution >= 0.6 is 0 Å². The largest absolute Gasteiger partial charge is 0.510 e. The fourth-order valence-electron chi connectivity index (χ4n) is 13.0. The molecule has 0 bridgehead atoms. The lowest BCUT2D eigenvalue weighted by molar-refractivity contribution is -0.175. The number of nitrogens with one attached hydrogen (secondary N) is 2. The van der Waals surface area contributed by atoms with Gasteiger partial charge in [0.25, 0.3) is 17.4 Å². The molecule has 0 unspecified atom stereocenters. The monoisotopic (exact) mass is 1480 g/mol. The van der Waals surface area contributed by atoms with Crippen LogP contribution in [-0.2, 0) is 135 Å². The number of hydrogen-bond donors (Lipinski definition) is 4. The number of Topliss-reactive ketones (excluding diaryl/α,β-unsaturated/α-hetero) is 2. The van der Waals surface area contributed by atoms with Gasteiger partial charge in [-0.05, 0) is 118 Å². The third-order valence-electron chi connectivity index (χ3n) is 18.7. The van der Waals surface area contributed by atoms with Gasteiger partial charge in [0.1, 0.15) is 37.9 Å². The molecule has 1 aliphatic carbocycles. The normalized spacial score (nSPS) is 16.9. The maximum Gasteiger partial charge on any atom is 0.510 e. The van der Waals surface area contributed by atoms with Crippen molar-refractivity contribution in [2.75, 3.05) is 137 Å². The Balaban J connectivity index is 0.528. The molecular weight excluding hydrogens is 1380 g/mol. The fraction of sp³-hybridized carbons (Fsp3) is 0.573. The van der Waals surface area contributed by atoms with E-state index < -0.39 is 29.2 Å². The lowest BCUT2D eigenvalue weighted by Crippen LogP contribution is -2.47. The van der Waals surface area contributed by atoms with Crippen molar-refractivity contribution >= 4 is 63.9 Å². The summed E-state index contributed by atoms with van der Waals surface area (Å²) >= 11 is 0. The number of ether oxygens (including phenoxy) is 12. The van der Waals surface area contributed by atoms with Crippen molar-refractivity contribution in [1.29, 1.82) is 0 Å². The molecule has 0 spiro atoms. The van der Waals surface area contributed by atoms with Crippen LogP contribution in [0.2, 0.25) is 0 Å². The van der Waals surface area contributed by atoms with Crippen LogP contribution in [-0.4, -0.2) is 214 Å². The molecule has 5 aromatic rings. The van der Waals surface area contributed by atoms with Gasteiger partial charge in [0.2, 0.25) is 17.4 Å². The van der Waals surface area contributed by atoms with E-state index >= 15 is 0 Å². The average Bonchev–Trinajstić information content (AvgIpc) is 1.49. The minimum atomic E-state index is -2.00. The molecule has 31 heteroatoms. The van der Waals surface area contributed by atoms with E-state index in [1.165, 1.54) is 17.1 Å². The Morgan fingerprint density at radius 1 is 0.717 bits per heavy atom. The molecule has 2 aromatic carbocycles. The van der Waals surface area contributed by atoms with E-state index in [2.05, 4.69) is 20.9 Å². The van der Waals surface area contributed by atoms with Crippen LogP contribution in [0.15, 0.2) is 71.7 Å². The first-order valence-electron chi connectivity index (χ1n) is 36.6. The molecule has 0 saturated heterocycles. The summed E-state index contributed by atoms with van der Waals surface area (Å²) in [6, 6.07) is 13.1. The van der Waals surface area contributed by atoms with Crippen molar-refractivity contribution in [3.05, 3.63) is 111 Å². The second kappa shape index (κ2) is 42.5. The fourth-order valence-corrected chi connectivity index (χ4v) is 13.0. The van der Waals surface area contributed by atoms with Crippen LogP contribution in [0.1, 0.15) is 118 Å². The molecule has 3 aliphatic heterocycles. The predicted octanol–water partition coefficient (Wildman–Crippen LogP) is 5.49. The van der Waals surface area contributed by atoms with Crippen molar-refractivity contribution in [2.45, 2.75) is 129 Å². The van der Waals surface area contributed by atoms with Gasteiger partial charge in [0.05, 0.1) is 147 Å². The number of rotatable bonds is 50. The average molecular weight is 1480 g/mol. The number of unbranched alkanes of at least 4 members (excludes halogenated alkanes) is 1. The molecule has 1 saturated carbocycles. The summed E-state index contributed by atoms with van der Waals surface area (Å²) in [6.45, 7) is 10.7. The molecule has 2 atom stereocenters. The van der Waals surface area contributed by atoms with Gasteiger partial charge >= 0.3 is 12.1 Å². The highest BCUT2D eigenvalue weighted by Gasteiger charge is 2.51. The third kappa shape index (κ3) is 23.9. The number of anilines is 1. The Kier molecular flexibility index (Phi) is 32.6. The number of carbonyl (C=O) groups excluding carboxylic acids is 8. The molecular formula is C75H99N9O22. The zero-order valence-electron chi connectivity index (χ0n) is 60.5. The zero-order chi connectivity index (χ0) is 75.1. The van der Waals surface area contributed by atoms with Gasteiger partial charge in [0.15, 0.2) is 11.6 Å². The minimum Gasteiger partial charge on any atom is -0.508 e. The topological polar surface area (TPSA) is 386 Å². The van der Waals surface area contributed by atoms with Gasteiger partial charge in [-0.15, -0.1) is 5.10 Å². The highest BCUT2D eigenvalue weighted by atomic mass is 16.7. The van der Waals surface area contributed by atoms with Crippen molar-refractivity contribution in [3.8, 4) is 17.1 Å². The van der Waals surface area contributed by atoms with E-state index in [0.29, 0.717) is 204 Å². The van der Waals surface area contributed by atoms with Crippen LogP contribution in [0.3, 0.4) is 0 Å². The molecule has 4 aliphatic rings. The summed E-state index contributed by atoms with van der Waals surface area (Å²) in [7, 11) is 0. The first-order chi connectivity index (χ1) is 51.6. The lowest BCUT2D eigenvalue weighted by Gasteiger charge is -2.35. The maximum atomic E-state index is 14.1. The number of aromatic hydroxyl groups is 1. The molecule has 6 heterocycles. The van der Waals surface area contributed by atoms with Gasteiger partial charge in [-0.3, -0.25) is 38.5 Å². The third-order valence-corrected chi connectivity index (χ3v) is 18.7. The van der Waals surface area contributed by atoms with E-state index in [4.69, 9.17) is 67.6 Å². The number of cyclic esters (lactones) is 1. The van der Waals surface area contributed by atoms with E-state index in [0.717, 1.165) is 29.4 Å². The zero-order valence-corrected chi connectivity index (χ0v) is 60.5. The number of imide groups is 1. The Labute approximate surface area is 614 Å². The smallest absolute Gasteiger partial charge is 0.508 e. The molecule has 31 nitrogen and oxygen atoms in total. The molecule has 5 N–H and O–H groups in total. The highest BCUT2D eigenvalue weighted by Crippen LogP contribution is 2.43. The van der Waals surface area contributed by atoms with Crippen LogP contribution in [0.25, 0.3) is 22.3 Å². The summed E-state index contributed by atoms with van der Waals surface area (Å²) in [4.78, 5) is 123. The van der Waals surface area contributed by atoms with E-state index in [1.807, 2.05) is 6.92 Å². The Morgan fingerprint density at radius 3 is 1.96 bits per heavy atom. The van der Waals surface area contributed by atoms with Crippen molar-refractivity contribution < 1.29 is 100 Å². The number of aromatic nitrogens is 5. The molecule has 9 rings (SSSR count). The number of phenolic OH excluding ortho intramolecular Hbond substituents is 1. The van der Waals surface area contributed by atoms with Crippen molar-refractivity contribution in [2.24, 2.45) is 23.5 Å². The standard InChI is InChI=1S/C75H99N9O22/c1-3-60-61-41-57(85)18-19-65(61)79-69-62(60)46-83-66(69)42-64-63(72(83)92)50-104-73(93)75(64,4-2)106-74(94)105-47-52-12-16-55(17-13-52)78-71(91)54(8-5-6-22-76)40-59(87)49-103-48-58(86)9-7-24-95-26-28-97-30-32-99-34-36-101-38-39-102-37-35-100-33-31-98-29-27-96-25-23-82-45-56(80-81-82)43-77-70(90)53-14-10-51(11-15-53)44-84-67(88)20-21-68(84)89/h12-13,16-21,41-42,45,51,53-54,85H,3-11,14-15,22-40,43-44,46-50,76H2,1-2H3,(H,77,90)(H,78,91)/t51?,53?,54-,75+/m1/s1. The number of ketones is 2. The van der Waals surface area contributed by atoms with Gasteiger partial charge in [-0.25, -0.2) is 19.3 Å². The Morgan fingerprint density at radius 2 is 1.34 bits per heavy atom. The number of aryl methyl sites for hydroxylation is 1. The van der Waals surface area contributed by atoms with E-state index in [1.54, 1.807) is 70.9 Å². The summed E-state index contributed by atoms with van der Waals surface area (Å²) in [6.07, 6.45) is 8.92. The van der Waals surface area contributed by atoms with Crippen LogP contribution < -0.4 is 21.9 Å². The Hall–Kier alpha value is -8.76. The van der Waals surface area contributed by atoms with Gasteiger partial charge < -0.3 is 82.9 Å². The molecule has 576 valence electrons. The molecule has 1 fully saturated rings. The number of nitrogens with zero attached hydrogens (tertiary/aromatic N) is 6. The van der Waals surface area contributed by atoms with Crippen LogP contribution in [0, 0.1) is 17.8 Å². The number of amides is 4. The number of pyridine rings is 2. The lowest BCUT2D eigenvalue weighted by atomic mass is 9.81. The number of fused-ring (bicyclic) bond motifs is 5. The Bertz CT molecular complexity index is 3840.